The molecule has 1 aromatic carbocycles. The summed E-state index contributed by atoms with van der Waals surface area (Å²) in [5.74, 6) is -4.64. The van der Waals surface area contributed by atoms with Crippen LogP contribution in [0.1, 0.15) is 49.8 Å². The zero-order valence-electron chi connectivity index (χ0n) is 11.2. The van der Waals surface area contributed by atoms with Crippen LogP contribution in [0, 0.1) is 0 Å². The lowest BCUT2D eigenvalue weighted by Crippen LogP contribution is -2.37. The van der Waals surface area contributed by atoms with Crippen LogP contribution in [0.5, 0.6) is 0 Å². The van der Waals surface area contributed by atoms with Crippen molar-refractivity contribution in [3.8, 4) is 0 Å². The van der Waals surface area contributed by atoms with E-state index in [1.54, 1.807) is 12.1 Å². The van der Waals surface area contributed by atoms with E-state index in [2.05, 4.69) is 0 Å². The molecule has 0 amide bonds. The predicted molar refractivity (Wildman–Crippen MR) is 65.7 cm³/mol. The topological polar surface area (TPSA) is 20.2 Å². The standard InChI is InChI=1S/C14H17F5O/c1-3-9(2)10-4-6-11(7-5-10)12(20)8-13(15,16)14(17,18)19/h4-7,9,12,20H,3,8H2,1-2H3. The number of halogens is 5. The Morgan fingerprint density at radius 2 is 1.45 bits per heavy atom. The number of alkyl halides is 5. The maximum Gasteiger partial charge on any atom is 0.453 e. The molecule has 0 saturated carbocycles. The SMILES string of the molecule is CCC(C)c1ccc(C(O)CC(F)(F)C(F)(F)F)cc1. The molecule has 0 aliphatic rings. The molecule has 0 fully saturated rings. The zero-order valence-corrected chi connectivity index (χ0v) is 11.2. The van der Waals surface area contributed by atoms with Crippen LogP contribution in [-0.4, -0.2) is 17.2 Å². The average molecular weight is 296 g/mol. The Hall–Kier alpha value is -1.17. The van der Waals surface area contributed by atoms with Crippen molar-refractivity contribution >= 4 is 0 Å². The highest BCUT2D eigenvalue weighted by molar-refractivity contribution is 5.26. The molecule has 0 aliphatic carbocycles. The van der Waals surface area contributed by atoms with E-state index in [1.165, 1.54) is 12.1 Å². The highest BCUT2D eigenvalue weighted by atomic mass is 19.4. The van der Waals surface area contributed by atoms with Crippen LogP contribution < -0.4 is 0 Å². The fourth-order valence-corrected chi connectivity index (χ4v) is 1.76. The summed E-state index contributed by atoms with van der Waals surface area (Å²) >= 11 is 0. The smallest absolute Gasteiger partial charge is 0.388 e. The van der Waals surface area contributed by atoms with E-state index in [0.29, 0.717) is 0 Å². The van der Waals surface area contributed by atoms with Crippen molar-refractivity contribution in [1.29, 1.82) is 0 Å². The summed E-state index contributed by atoms with van der Waals surface area (Å²) in [4.78, 5) is 0. The fraction of sp³-hybridized carbons (Fsp3) is 0.571. The molecular formula is C14H17F5O. The Morgan fingerprint density at radius 3 is 1.85 bits per heavy atom. The Bertz CT molecular complexity index is 424. The van der Waals surface area contributed by atoms with Gasteiger partial charge in [0.1, 0.15) is 0 Å². The Morgan fingerprint density at radius 1 is 1.00 bits per heavy atom. The zero-order chi connectivity index (χ0) is 15.6. The largest absolute Gasteiger partial charge is 0.453 e. The van der Waals surface area contributed by atoms with E-state index in [-0.39, 0.29) is 11.5 Å². The molecule has 20 heavy (non-hydrogen) atoms. The van der Waals surface area contributed by atoms with Crippen LogP contribution in [0.25, 0.3) is 0 Å². The molecular weight excluding hydrogens is 279 g/mol. The van der Waals surface area contributed by atoms with Crippen LogP contribution in [0.4, 0.5) is 22.0 Å². The molecule has 0 heterocycles. The van der Waals surface area contributed by atoms with Gasteiger partial charge >= 0.3 is 12.1 Å². The second-order valence-corrected chi connectivity index (χ2v) is 4.90. The van der Waals surface area contributed by atoms with E-state index in [4.69, 9.17) is 0 Å². The predicted octanol–water partition coefficient (Wildman–Crippen LogP) is 4.82. The lowest BCUT2D eigenvalue weighted by atomic mass is 9.95. The molecule has 6 heteroatoms. The number of rotatable bonds is 5. The molecule has 1 rings (SSSR count). The average Bonchev–Trinajstić information content (AvgIpc) is 2.36. The summed E-state index contributed by atoms with van der Waals surface area (Å²) in [6.07, 6.45) is -8.28. The number of hydrogen-bond donors (Lipinski definition) is 1. The first-order valence-electron chi connectivity index (χ1n) is 6.31. The summed E-state index contributed by atoms with van der Waals surface area (Å²) in [6, 6.07) is 6.05. The Balaban J connectivity index is 2.81. The highest BCUT2D eigenvalue weighted by Crippen LogP contribution is 2.41. The molecule has 2 atom stereocenters. The van der Waals surface area contributed by atoms with Crippen LogP contribution >= 0.6 is 0 Å². The van der Waals surface area contributed by atoms with Crippen molar-refractivity contribution in [1.82, 2.24) is 0 Å². The molecule has 0 aliphatic heterocycles. The summed E-state index contributed by atoms with van der Waals surface area (Å²) in [5.41, 5.74) is 1.01. The second-order valence-electron chi connectivity index (χ2n) is 4.90. The summed E-state index contributed by atoms with van der Waals surface area (Å²) < 4.78 is 61.9. The molecule has 0 aromatic heterocycles. The van der Waals surface area contributed by atoms with Crippen molar-refractivity contribution in [3.05, 3.63) is 35.4 Å². The Labute approximate surface area is 114 Å². The number of benzene rings is 1. The van der Waals surface area contributed by atoms with Gasteiger partial charge in [-0.1, -0.05) is 38.1 Å². The third-order valence-electron chi connectivity index (χ3n) is 3.37. The summed E-state index contributed by atoms with van der Waals surface area (Å²) in [5, 5.41) is 9.53. The monoisotopic (exact) mass is 296 g/mol. The van der Waals surface area contributed by atoms with Gasteiger partial charge in [0.15, 0.2) is 0 Å². The van der Waals surface area contributed by atoms with Gasteiger partial charge in [-0.3, -0.25) is 0 Å². The van der Waals surface area contributed by atoms with Gasteiger partial charge in [0, 0.05) is 0 Å². The molecule has 0 saturated heterocycles. The van der Waals surface area contributed by atoms with E-state index in [0.717, 1.165) is 12.0 Å². The van der Waals surface area contributed by atoms with E-state index in [9.17, 15) is 27.1 Å². The number of aliphatic hydroxyl groups excluding tert-OH is 1. The third-order valence-corrected chi connectivity index (χ3v) is 3.37. The summed E-state index contributed by atoms with van der Waals surface area (Å²) in [6.45, 7) is 3.96. The first-order valence-corrected chi connectivity index (χ1v) is 6.31. The van der Waals surface area contributed by atoms with E-state index >= 15 is 0 Å². The fourth-order valence-electron chi connectivity index (χ4n) is 1.76. The number of aliphatic hydroxyl groups is 1. The first kappa shape index (κ1) is 16.9. The van der Waals surface area contributed by atoms with Crippen molar-refractivity contribution in [2.75, 3.05) is 0 Å². The molecule has 1 nitrogen and oxygen atoms in total. The van der Waals surface area contributed by atoms with Crippen molar-refractivity contribution < 1.29 is 27.1 Å². The molecule has 114 valence electrons. The maximum absolute atomic E-state index is 12.8. The second kappa shape index (κ2) is 6.08. The van der Waals surface area contributed by atoms with Gasteiger partial charge in [-0.2, -0.15) is 22.0 Å². The first-order chi connectivity index (χ1) is 9.08. The molecule has 0 spiro atoms. The van der Waals surface area contributed by atoms with Gasteiger partial charge in [-0.15, -0.1) is 0 Å². The van der Waals surface area contributed by atoms with Gasteiger partial charge in [-0.25, -0.2) is 0 Å². The highest BCUT2D eigenvalue weighted by Gasteiger charge is 2.58. The molecule has 1 aromatic rings. The van der Waals surface area contributed by atoms with E-state index in [1.807, 2.05) is 13.8 Å². The molecule has 2 unspecified atom stereocenters. The normalized spacial score (nSPS) is 16.0. The molecule has 1 N–H and O–H groups in total. The number of hydrogen-bond acceptors (Lipinski definition) is 1. The van der Waals surface area contributed by atoms with Crippen molar-refractivity contribution in [3.63, 3.8) is 0 Å². The van der Waals surface area contributed by atoms with Crippen molar-refractivity contribution in [2.24, 2.45) is 0 Å². The Kier molecular flexibility index (Phi) is 5.13. The maximum atomic E-state index is 12.8. The van der Waals surface area contributed by atoms with Crippen molar-refractivity contribution in [2.45, 2.75) is 50.8 Å². The van der Waals surface area contributed by atoms with Crippen LogP contribution in [-0.2, 0) is 0 Å². The van der Waals surface area contributed by atoms with Gasteiger partial charge in [0.05, 0.1) is 12.5 Å². The van der Waals surface area contributed by atoms with Gasteiger partial charge < -0.3 is 5.11 Å². The quantitative estimate of drug-likeness (QED) is 0.772. The van der Waals surface area contributed by atoms with Crippen LogP contribution in [0.3, 0.4) is 0 Å². The molecule has 0 bridgehead atoms. The minimum absolute atomic E-state index is 0.0565. The lowest BCUT2D eigenvalue weighted by molar-refractivity contribution is -0.290. The van der Waals surface area contributed by atoms with E-state index < -0.39 is 24.6 Å². The van der Waals surface area contributed by atoms with Gasteiger partial charge in [0.25, 0.3) is 0 Å². The minimum atomic E-state index is -5.65. The van der Waals surface area contributed by atoms with Crippen LogP contribution in [0.2, 0.25) is 0 Å². The van der Waals surface area contributed by atoms with Crippen LogP contribution in [0.15, 0.2) is 24.3 Å². The minimum Gasteiger partial charge on any atom is -0.388 e. The third kappa shape index (κ3) is 3.91. The molecule has 0 radical (unpaired) electrons. The van der Waals surface area contributed by atoms with Gasteiger partial charge in [0.2, 0.25) is 0 Å². The van der Waals surface area contributed by atoms with Gasteiger partial charge in [-0.05, 0) is 23.5 Å². The lowest BCUT2D eigenvalue weighted by Gasteiger charge is -2.22. The summed E-state index contributed by atoms with van der Waals surface area (Å²) in [7, 11) is 0.